The van der Waals surface area contributed by atoms with Gasteiger partial charge in [-0.15, -0.1) is 11.3 Å². The van der Waals surface area contributed by atoms with E-state index in [1.54, 1.807) is 12.1 Å². The number of carbonyl (C=O) groups excluding carboxylic acids is 2. The molecule has 20 heavy (non-hydrogen) atoms. The first kappa shape index (κ1) is 14.2. The fourth-order valence-corrected chi connectivity index (χ4v) is 2.39. The zero-order valence-electron chi connectivity index (χ0n) is 10.6. The molecule has 0 saturated heterocycles. The van der Waals surface area contributed by atoms with E-state index in [4.69, 9.17) is 10.5 Å². The van der Waals surface area contributed by atoms with Gasteiger partial charge in [-0.3, -0.25) is 4.79 Å². The van der Waals surface area contributed by atoms with Crippen LogP contribution in [0.15, 0.2) is 36.4 Å². The molecule has 104 valence electrons. The molecule has 1 heterocycles. The van der Waals surface area contributed by atoms with Gasteiger partial charge in [0.2, 0.25) is 6.10 Å². The van der Waals surface area contributed by atoms with Gasteiger partial charge in [0, 0.05) is 10.4 Å². The zero-order valence-corrected chi connectivity index (χ0v) is 11.4. The van der Waals surface area contributed by atoms with Crippen molar-refractivity contribution in [2.45, 2.75) is 13.0 Å². The summed E-state index contributed by atoms with van der Waals surface area (Å²) in [7, 11) is 0. The molecule has 1 unspecified atom stereocenters. The molecular weight excluding hydrogens is 281 g/mol. The van der Waals surface area contributed by atoms with Crippen molar-refractivity contribution in [3.63, 3.8) is 0 Å². The fourth-order valence-electron chi connectivity index (χ4n) is 1.64. The van der Waals surface area contributed by atoms with Crippen LogP contribution in [0.4, 0.5) is 4.39 Å². The molecule has 1 amide bonds. The van der Waals surface area contributed by atoms with Crippen molar-refractivity contribution in [1.82, 2.24) is 0 Å². The van der Waals surface area contributed by atoms with Crippen LogP contribution in [0, 0.1) is 12.7 Å². The third-order valence-corrected chi connectivity index (χ3v) is 3.58. The molecule has 0 aliphatic carbocycles. The second kappa shape index (κ2) is 5.83. The smallest absolute Gasteiger partial charge is 0.349 e. The number of hydrogen-bond acceptors (Lipinski definition) is 4. The van der Waals surface area contributed by atoms with Gasteiger partial charge in [-0.2, -0.15) is 0 Å². The fraction of sp³-hybridized carbons (Fsp3) is 0.143. The van der Waals surface area contributed by atoms with Crippen molar-refractivity contribution >= 4 is 23.2 Å². The topological polar surface area (TPSA) is 69.4 Å². The van der Waals surface area contributed by atoms with Crippen LogP contribution in [0.5, 0.6) is 0 Å². The van der Waals surface area contributed by atoms with E-state index in [1.165, 1.54) is 35.6 Å². The van der Waals surface area contributed by atoms with Crippen LogP contribution >= 0.6 is 11.3 Å². The maximum atomic E-state index is 12.9. The minimum Gasteiger partial charge on any atom is -0.443 e. The van der Waals surface area contributed by atoms with Gasteiger partial charge in [-0.05, 0) is 31.2 Å². The highest BCUT2D eigenvalue weighted by Crippen LogP contribution is 2.22. The lowest BCUT2D eigenvalue weighted by atomic mass is 10.1. The average molecular weight is 293 g/mol. The number of carbonyl (C=O) groups is 2. The highest BCUT2D eigenvalue weighted by molar-refractivity contribution is 7.13. The Morgan fingerprint density at radius 2 is 1.85 bits per heavy atom. The van der Waals surface area contributed by atoms with Gasteiger partial charge in [0.15, 0.2) is 0 Å². The maximum Gasteiger partial charge on any atom is 0.349 e. The van der Waals surface area contributed by atoms with Gasteiger partial charge in [0.05, 0.1) is 0 Å². The van der Waals surface area contributed by atoms with Gasteiger partial charge >= 0.3 is 5.97 Å². The summed E-state index contributed by atoms with van der Waals surface area (Å²) in [5, 5.41) is 0. The molecule has 4 nitrogen and oxygen atoms in total. The number of esters is 1. The number of thiophene rings is 1. The van der Waals surface area contributed by atoms with E-state index in [1.807, 2.05) is 6.92 Å². The summed E-state index contributed by atoms with van der Waals surface area (Å²) >= 11 is 1.26. The molecule has 0 spiro atoms. The Hall–Kier alpha value is -2.21. The van der Waals surface area contributed by atoms with Gasteiger partial charge < -0.3 is 10.5 Å². The molecule has 6 heteroatoms. The zero-order chi connectivity index (χ0) is 14.7. The minimum absolute atomic E-state index is 0.334. The summed E-state index contributed by atoms with van der Waals surface area (Å²) in [6.07, 6.45) is -1.23. The molecule has 1 aromatic heterocycles. The lowest BCUT2D eigenvalue weighted by Crippen LogP contribution is -2.26. The summed E-state index contributed by atoms with van der Waals surface area (Å²) in [5.74, 6) is -1.88. The summed E-state index contributed by atoms with van der Waals surface area (Å²) < 4.78 is 18.0. The van der Waals surface area contributed by atoms with E-state index in [0.29, 0.717) is 10.4 Å². The number of nitrogens with two attached hydrogens (primary N) is 1. The number of rotatable bonds is 4. The molecule has 2 N–H and O–H groups in total. The highest BCUT2D eigenvalue weighted by Gasteiger charge is 2.24. The number of amides is 1. The average Bonchev–Trinajstić information content (AvgIpc) is 2.83. The Labute approximate surface area is 119 Å². The maximum absolute atomic E-state index is 12.9. The molecule has 2 aromatic rings. The van der Waals surface area contributed by atoms with Crippen molar-refractivity contribution in [3.8, 4) is 0 Å². The molecule has 0 aliphatic rings. The van der Waals surface area contributed by atoms with E-state index < -0.39 is 23.8 Å². The number of halogens is 1. The van der Waals surface area contributed by atoms with E-state index in [9.17, 15) is 14.0 Å². The SMILES string of the molecule is Cc1ccc(C(=O)OC(C(N)=O)c2ccc(F)cc2)s1. The predicted octanol–water partition coefficient (Wildman–Crippen LogP) is 2.58. The van der Waals surface area contributed by atoms with Crippen molar-refractivity contribution in [2.75, 3.05) is 0 Å². The summed E-state index contributed by atoms with van der Waals surface area (Å²) in [6, 6.07) is 8.46. The Bertz CT molecular complexity index is 636. The van der Waals surface area contributed by atoms with Gasteiger partial charge in [-0.25, -0.2) is 9.18 Å². The Morgan fingerprint density at radius 1 is 1.20 bits per heavy atom. The largest absolute Gasteiger partial charge is 0.443 e. The molecule has 0 aliphatic heterocycles. The van der Waals surface area contributed by atoms with Crippen LogP contribution in [0.3, 0.4) is 0 Å². The van der Waals surface area contributed by atoms with Crippen molar-refractivity contribution in [3.05, 3.63) is 57.5 Å². The Balaban J connectivity index is 2.20. The monoisotopic (exact) mass is 293 g/mol. The second-order valence-corrected chi connectivity index (χ2v) is 5.44. The van der Waals surface area contributed by atoms with Crippen molar-refractivity contribution < 1.29 is 18.7 Å². The molecule has 1 atom stereocenters. The molecule has 0 bridgehead atoms. The van der Waals surface area contributed by atoms with E-state index in [0.717, 1.165) is 4.88 Å². The third kappa shape index (κ3) is 3.21. The molecule has 2 rings (SSSR count). The van der Waals surface area contributed by atoms with Crippen LogP contribution in [0.1, 0.15) is 26.2 Å². The number of benzene rings is 1. The summed E-state index contributed by atoms with van der Waals surface area (Å²) in [4.78, 5) is 24.7. The number of aryl methyl sites for hydroxylation is 1. The Kier molecular flexibility index (Phi) is 4.14. The normalized spacial score (nSPS) is 11.9. The standard InChI is InChI=1S/C14H12FNO3S/c1-8-2-7-11(20-8)14(18)19-12(13(16)17)9-3-5-10(15)6-4-9/h2-7,12H,1H3,(H2,16,17). The van der Waals surface area contributed by atoms with Gasteiger partial charge in [0.1, 0.15) is 10.7 Å². The van der Waals surface area contributed by atoms with Crippen LogP contribution < -0.4 is 5.73 Å². The summed E-state index contributed by atoms with van der Waals surface area (Å²) in [5.41, 5.74) is 5.57. The Morgan fingerprint density at radius 3 is 2.35 bits per heavy atom. The van der Waals surface area contributed by atoms with Crippen LogP contribution in [0.25, 0.3) is 0 Å². The lowest BCUT2D eigenvalue weighted by molar-refractivity contribution is -0.127. The van der Waals surface area contributed by atoms with Gasteiger partial charge in [0.25, 0.3) is 5.91 Å². The number of ether oxygens (including phenoxy) is 1. The van der Waals surface area contributed by atoms with Crippen molar-refractivity contribution in [2.24, 2.45) is 5.73 Å². The van der Waals surface area contributed by atoms with Crippen molar-refractivity contribution in [1.29, 1.82) is 0 Å². The predicted molar refractivity (Wildman–Crippen MR) is 72.8 cm³/mol. The van der Waals surface area contributed by atoms with Crippen LogP contribution in [-0.4, -0.2) is 11.9 Å². The van der Waals surface area contributed by atoms with Crippen LogP contribution in [0.2, 0.25) is 0 Å². The lowest BCUT2D eigenvalue weighted by Gasteiger charge is -2.14. The van der Waals surface area contributed by atoms with E-state index in [2.05, 4.69) is 0 Å². The minimum atomic E-state index is -1.23. The van der Waals surface area contributed by atoms with E-state index >= 15 is 0 Å². The molecular formula is C14H12FNO3S. The third-order valence-electron chi connectivity index (χ3n) is 2.60. The number of primary amides is 1. The van der Waals surface area contributed by atoms with Gasteiger partial charge in [-0.1, -0.05) is 12.1 Å². The van der Waals surface area contributed by atoms with Crippen LogP contribution in [-0.2, 0) is 9.53 Å². The first-order chi connectivity index (χ1) is 9.47. The van der Waals surface area contributed by atoms with E-state index in [-0.39, 0.29) is 0 Å². The number of hydrogen-bond donors (Lipinski definition) is 1. The quantitative estimate of drug-likeness (QED) is 0.881. The molecule has 0 saturated carbocycles. The molecule has 1 aromatic carbocycles. The summed E-state index contributed by atoms with van der Waals surface area (Å²) in [6.45, 7) is 1.85. The first-order valence-corrected chi connectivity index (χ1v) is 6.61. The second-order valence-electron chi connectivity index (χ2n) is 4.15. The highest BCUT2D eigenvalue weighted by atomic mass is 32.1. The first-order valence-electron chi connectivity index (χ1n) is 5.79. The molecule has 0 fully saturated rings. The molecule has 0 radical (unpaired) electrons.